The second kappa shape index (κ2) is 7.40. The number of rotatable bonds is 4. The van der Waals surface area contributed by atoms with Gasteiger partial charge in [0, 0.05) is 16.7 Å². The molecular formula is C21H18ClN5O. The summed E-state index contributed by atoms with van der Waals surface area (Å²) in [5.74, 6) is 0.949. The number of aryl methyl sites for hydroxylation is 2. The maximum atomic E-state index is 6.39. The Morgan fingerprint density at radius 3 is 2.61 bits per heavy atom. The minimum Gasteiger partial charge on any atom is -0.481 e. The fourth-order valence-electron chi connectivity index (χ4n) is 2.98. The first-order valence-electron chi connectivity index (χ1n) is 8.72. The third kappa shape index (κ3) is 3.59. The standard InChI is InChI=1S/C21H18ClN5O/c1-12-4-6-17(22)16(8-12)14-9-13(2)20-18(10-14)26-27-21(25-20)24-15-5-7-19(28-3)23-11-15/h4-11H,1-3H3,(H,24,25,27). The van der Waals surface area contributed by atoms with Crippen molar-refractivity contribution in [3.8, 4) is 17.0 Å². The molecule has 0 unspecified atom stereocenters. The van der Waals surface area contributed by atoms with Crippen molar-refractivity contribution in [2.75, 3.05) is 12.4 Å². The van der Waals surface area contributed by atoms with Gasteiger partial charge in [-0.15, -0.1) is 10.2 Å². The van der Waals surface area contributed by atoms with Crippen LogP contribution in [0.3, 0.4) is 0 Å². The molecule has 0 aliphatic heterocycles. The maximum absolute atomic E-state index is 6.39. The lowest BCUT2D eigenvalue weighted by molar-refractivity contribution is 0.398. The molecule has 0 saturated carbocycles. The molecule has 140 valence electrons. The van der Waals surface area contributed by atoms with Gasteiger partial charge in [0.15, 0.2) is 0 Å². The number of nitrogens with zero attached hydrogens (tertiary/aromatic N) is 4. The van der Waals surface area contributed by atoms with Gasteiger partial charge in [-0.05, 0) is 55.3 Å². The molecule has 2 heterocycles. The quantitative estimate of drug-likeness (QED) is 0.521. The Morgan fingerprint density at radius 1 is 1.00 bits per heavy atom. The lowest BCUT2D eigenvalue weighted by Crippen LogP contribution is -2.01. The van der Waals surface area contributed by atoms with Gasteiger partial charge in [0.2, 0.25) is 11.8 Å². The van der Waals surface area contributed by atoms with Crippen LogP contribution in [0.2, 0.25) is 5.02 Å². The zero-order valence-corrected chi connectivity index (χ0v) is 16.4. The van der Waals surface area contributed by atoms with E-state index in [1.54, 1.807) is 19.4 Å². The van der Waals surface area contributed by atoms with Gasteiger partial charge in [0.25, 0.3) is 0 Å². The molecule has 7 heteroatoms. The van der Waals surface area contributed by atoms with Crippen molar-refractivity contribution in [1.29, 1.82) is 0 Å². The Morgan fingerprint density at radius 2 is 1.86 bits per heavy atom. The normalized spacial score (nSPS) is 10.9. The van der Waals surface area contributed by atoms with Crippen molar-refractivity contribution in [2.24, 2.45) is 0 Å². The minimum atomic E-state index is 0.406. The van der Waals surface area contributed by atoms with Crippen molar-refractivity contribution in [3.05, 3.63) is 64.8 Å². The molecule has 4 aromatic rings. The number of methoxy groups -OCH3 is 1. The number of halogens is 1. The Hall–Kier alpha value is -3.25. The van der Waals surface area contributed by atoms with Crippen molar-refractivity contribution in [2.45, 2.75) is 13.8 Å². The molecule has 0 spiro atoms. The Bertz CT molecular complexity index is 1160. The van der Waals surface area contributed by atoms with Gasteiger partial charge >= 0.3 is 0 Å². The highest BCUT2D eigenvalue weighted by atomic mass is 35.5. The molecule has 0 saturated heterocycles. The molecule has 0 aliphatic rings. The monoisotopic (exact) mass is 391 g/mol. The van der Waals surface area contributed by atoms with E-state index in [2.05, 4.69) is 37.6 Å². The molecule has 2 aromatic carbocycles. The second-order valence-electron chi connectivity index (χ2n) is 6.49. The highest BCUT2D eigenvalue weighted by Crippen LogP contribution is 2.32. The number of ether oxygens (including phenoxy) is 1. The summed E-state index contributed by atoms with van der Waals surface area (Å²) in [6.07, 6.45) is 1.65. The largest absolute Gasteiger partial charge is 0.481 e. The van der Waals surface area contributed by atoms with Crippen LogP contribution in [0.25, 0.3) is 22.2 Å². The molecule has 0 radical (unpaired) electrons. The zero-order valence-electron chi connectivity index (χ0n) is 15.7. The topological polar surface area (TPSA) is 72.8 Å². The van der Waals surface area contributed by atoms with Crippen LogP contribution in [0.15, 0.2) is 48.7 Å². The number of hydrogen-bond donors (Lipinski definition) is 1. The van der Waals surface area contributed by atoms with Crippen molar-refractivity contribution in [1.82, 2.24) is 20.2 Å². The predicted molar refractivity (Wildman–Crippen MR) is 111 cm³/mol. The molecule has 4 rings (SSSR count). The number of fused-ring (bicyclic) bond motifs is 1. The van der Waals surface area contributed by atoms with E-state index in [1.807, 2.05) is 38.1 Å². The second-order valence-corrected chi connectivity index (χ2v) is 6.90. The van der Waals surface area contributed by atoms with E-state index >= 15 is 0 Å². The predicted octanol–water partition coefficient (Wildman–Crippen LogP) is 5.11. The molecule has 2 aromatic heterocycles. The fourth-order valence-corrected chi connectivity index (χ4v) is 3.21. The Kier molecular flexibility index (Phi) is 4.79. The summed E-state index contributed by atoms with van der Waals surface area (Å²) in [6, 6.07) is 13.6. The summed E-state index contributed by atoms with van der Waals surface area (Å²) in [4.78, 5) is 8.77. The highest BCUT2D eigenvalue weighted by Gasteiger charge is 2.11. The van der Waals surface area contributed by atoms with Gasteiger partial charge < -0.3 is 10.1 Å². The summed E-state index contributed by atoms with van der Waals surface area (Å²) in [5, 5.41) is 12.4. The summed E-state index contributed by atoms with van der Waals surface area (Å²) >= 11 is 6.39. The van der Waals surface area contributed by atoms with E-state index in [9.17, 15) is 0 Å². The highest BCUT2D eigenvalue weighted by molar-refractivity contribution is 6.33. The number of benzene rings is 2. The average Bonchev–Trinajstić information content (AvgIpc) is 2.70. The van der Waals surface area contributed by atoms with Crippen LogP contribution in [0.5, 0.6) is 5.88 Å². The van der Waals surface area contributed by atoms with Crippen molar-refractivity contribution < 1.29 is 4.74 Å². The maximum Gasteiger partial charge on any atom is 0.247 e. The molecule has 0 aliphatic carbocycles. The first-order valence-corrected chi connectivity index (χ1v) is 9.10. The van der Waals surface area contributed by atoms with E-state index in [4.69, 9.17) is 16.3 Å². The van der Waals surface area contributed by atoms with Gasteiger partial charge in [0.05, 0.1) is 24.5 Å². The molecule has 0 bridgehead atoms. The van der Waals surface area contributed by atoms with Crippen molar-refractivity contribution >= 4 is 34.3 Å². The first kappa shape index (κ1) is 18.1. The van der Waals surface area contributed by atoms with Gasteiger partial charge in [-0.3, -0.25) is 0 Å². The van der Waals surface area contributed by atoms with E-state index < -0.39 is 0 Å². The van der Waals surface area contributed by atoms with Gasteiger partial charge in [-0.25, -0.2) is 9.97 Å². The van der Waals surface area contributed by atoms with Crippen LogP contribution in [-0.2, 0) is 0 Å². The molecule has 0 amide bonds. The Balaban J connectivity index is 1.70. The summed E-state index contributed by atoms with van der Waals surface area (Å²) in [7, 11) is 1.58. The lowest BCUT2D eigenvalue weighted by atomic mass is 10.0. The number of aromatic nitrogens is 4. The average molecular weight is 392 g/mol. The van der Waals surface area contributed by atoms with E-state index in [1.165, 1.54) is 0 Å². The lowest BCUT2D eigenvalue weighted by Gasteiger charge is -2.10. The molecule has 0 fully saturated rings. The molecule has 1 N–H and O–H groups in total. The van der Waals surface area contributed by atoms with Crippen LogP contribution in [0.1, 0.15) is 11.1 Å². The fraction of sp³-hybridized carbons (Fsp3) is 0.143. The number of pyridine rings is 1. The smallest absolute Gasteiger partial charge is 0.247 e. The van der Waals surface area contributed by atoms with Crippen LogP contribution < -0.4 is 10.1 Å². The third-order valence-corrected chi connectivity index (χ3v) is 4.71. The van der Waals surface area contributed by atoms with Crippen LogP contribution in [-0.4, -0.2) is 27.3 Å². The summed E-state index contributed by atoms with van der Waals surface area (Å²) < 4.78 is 5.06. The van der Waals surface area contributed by atoms with E-state index in [0.717, 1.165) is 33.5 Å². The molecule has 0 atom stereocenters. The van der Waals surface area contributed by atoms with Crippen LogP contribution >= 0.6 is 11.6 Å². The minimum absolute atomic E-state index is 0.406. The van der Waals surface area contributed by atoms with Crippen LogP contribution in [0.4, 0.5) is 11.6 Å². The van der Waals surface area contributed by atoms with E-state index in [0.29, 0.717) is 22.4 Å². The molecule has 6 nitrogen and oxygen atoms in total. The van der Waals surface area contributed by atoms with Crippen LogP contribution in [0, 0.1) is 13.8 Å². The van der Waals surface area contributed by atoms with E-state index in [-0.39, 0.29) is 0 Å². The first-order chi connectivity index (χ1) is 13.5. The SMILES string of the molecule is COc1ccc(Nc2nnc3cc(-c4cc(C)ccc4Cl)cc(C)c3n2)cn1. The van der Waals surface area contributed by atoms with Crippen molar-refractivity contribution in [3.63, 3.8) is 0 Å². The number of nitrogens with one attached hydrogen (secondary N) is 1. The van der Waals surface area contributed by atoms with Gasteiger partial charge in [-0.1, -0.05) is 23.2 Å². The summed E-state index contributed by atoms with van der Waals surface area (Å²) in [6.45, 7) is 4.05. The number of hydrogen-bond acceptors (Lipinski definition) is 6. The molecular weight excluding hydrogens is 374 g/mol. The Labute approximate surface area is 167 Å². The zero-order chi connectivity index (χ0) is 19.7. The van der Waals surface area contributed by atoms with Gasteiger partial charge in [0.1, 0.15) is 5.52 Å². The van der Waals surface area contributed by atoms with Gasteiger partial charge in [-0.2, -0.15) is 0 Å². The summed E-state index contributed by atoms with van der Waals surface area (Å²) in [5.41, 5.74) is 6.36. The third-order valence-electron chi connectivity index (χ3n) is 4.39. The molecule has 28 heavy (non-hydrogen) atoms. The number of anilines is 2.